The lowest BCUT2D eigenvalue weighted by Crippen LogP contribution is -2.42. The molecule has 0 spiro atoms. The third-order valence-corrected chi connectivity index (χ3v) is 3.25. The first-order valence-corrected chi connectivity index (χ1v) is 6.87. The molecule has 7 nitrogen and oxygen atoms in total. The first kappa shape index (κ1) is 16.6. The van der Waals surface area contributed by atoms with E-state index >= 15 is 0 Å². The van der Waals surface area contributed by atoms with Gasteiger partial charge < -0.3 is 10.5 Å². The van der Waals surface area contributed by atoms with Crippen molar-refractivity contribution in [2.75, 3.05) is 13.7 Å². The Bertz CT molecular complexity index is 824. The van der Waals surface area contributed by atoms with E-state index < -0.39 is 23.0 Å². The number of primary amides is 1. The molecule has 0 saturated heterocycles. The highest BCUT2D eigenvalue weighted by Gasteiger charge is 2.16. The van der Waals surface area contributed by atoms with Crippen LogP contribution in [0.25, 0.3) is 5.69 Å². The van der Waals surface area contributed by atoms with Gasteiger partial charge in [0.25, 0.3) is 11.5 Å². The molecule has 0 aliphatic heterocycles. The molecule has 2 rings (SSSR count). The van der Waals surface area contributed by atoms with Crippen LogP contribution in [0, 0.1) is 5.82 Å². The molecule has 122 valence electrons. The predicted octanol–water partition coefficient (Wildman–Crippen LogP) is 0.274. The zero-order valence-electron chi connectivity index (χ0n) is 12.5. The molecule has 1 amide bonds. The van der Waals surface area contributed by atoms with E-state index in [2.05, 4.69) is 0 Å². The molecule has 0 bridgehead atoms. The van der Waals surface area contributed by atoms with Crippen LogP contribution in [0.2, 0.25) is 0 Å². The second kappa shape index (κ2) is 7.01. The molecule has 0 aliphatic rings. The highest BCUT2D eigenvalue weighted by molar-refractivity contribution is 5.92. The monoisotopic (exact) mass is 321 g/mol. The molecule has 2 N–H and O–H groups in total. The van der Waals surface area contributed by atoms with Crippen LogP contribution in [0.5, 0.6) is 0 Å². The van der Waals surface area contributed by atoms with Crippen molar-refractivity contribution in [2.24, 2.45) is 5.73 Å². The molecule has 8 heteroatoms. The maximum absolute atomic E-state index is 13.0. The summed E-state index contributed by atoms with van der Waals surface area (Å²) in [4.78, 5) is 36.3. The molecule has 0 radical (unpaired) electrons. The number of aryl methyl sites for hydroxylation is 1. The minimum absolute atomic E-state index is 0.157. The second-order valence-electron chi connectivity index (χ2n) is 4.85. The number of carbonyl (C=O) groups is 1. The number of ether oxygens (including phenoxy) is 1. The molecule has 1 heterocycles. The van der Waals surface area contributed by atoms with Crippen LogP contribution >= 0.6 is 0 Å². The van der Waals surface area contributed by atoms with Gasteiger partial charge in [-0.3, -0.25) is 14.2 Å². The summed E-state index contributed by atoms with van der Waals surface area (Å²) in [5, 5.41) is 0. The number of hydrogen-bond acceptors (Lipinski definition) is 4. The Morgan fingerprint density at radius 2 is 1.91 bits per heavy atom. The lowest BCUT2D eigenvalue weighted by Gasteiger charge is -2.12. The highest BCUT2D eigenvalue weighted by Crippen LogP contribution is 2.05. The lowest BCUT2D eigenvalue weighted by molar-refractivity contribution is 0.0997. The first-order chi connectivity index (χ1) is 11.0. The summed E-state index contributed by atoms with van der Waals surface area (Å²) in [5.41, 5.74) is 3.58. The zero-order chi connectivity index (χ0) is 17.0. The van der Waals surface area contributed by atoms with Gasteiger partial charge in [0.2, 0.25) is 0 Å². The van der Waals surface area contributed by atoms with Crippen LogP contribution in [-0.2, 0) is 11.3 Å². The van der Waals surface area contributed by atoms with Gasteiger partial charge in [-0.25, -0.2) is 13.8 Å². The van der Waals surface area contributed by atoms with E-state index in [1.807, 2.05) is 0 Å². The van der Waals surface area contributed by atoms with Gasteiger partial charge in [-0.2, -0.15) is 0 Å². The molecule has 0 fully saturated rings. The van der Waals surface area contributed by atoms with Crippen molar-refractivity contribution >= 4 is 5.91 Å². The fourth-order valence-electron chi connectivity index (χ4n) is 2.13. The van der Waals surface area contributed by atoms with Gasteiger partial charge >= 0.3 is 5.69 Å². The first-order valence-electron chi connectivity index (χ1n) is 6.87. The Kier molecular flexibility index (Phi) is 5.07. The Morgan fingerprint density at radius 3 is 2.48 bits per heavy atom. The van der Waals surface area contributed by atoms with Crippen LogP contribution in [0.15, 0.2) is 40.1 Å². The number of nitrogens with two attached hydrogens (primary N) is 1. The van der Waals surface area contributed by atoms with E-state index in [0.29, 0.717) is 13.0 Å². The van der Waals surface area contributed by atoms with Crippen LogP contribution in [0.4, 0.5) is 4.39 Å². The van der Waals surface area contributed by atoms with E-state index in [4.69, 9.17) is 10.5 Å². The minimum Gasteiger partial charge on any atom is -0.385 e. The molecule has 0 saturated carbocycles. The molecule has 1 aromatic carbocycles. The number of amides is 1. The Hall–Kier alpha value is -2.74. The summed E-state index contributed by atoms with van der Waals surface area (Å²) in [6.07, 6.45) is 1.65. The molecule has 23 heavy (non-hydrogen) atoms. The van der Waals surface area contributed by atoms with Crippen LogP contribution in [0.3, 0.4) is 0 Å². The smallest absolute Gasteiger partial charge is 0.335 e. The van der Waals surface area contributed by atoms with Gasteiger partial charge in [0.05, 0.1) is 5.69 Å². The van der Waals surface area contributed by atoms with Gasteiger partial charge in [0.1, 0.15) is 11.4 Å². The molecule has 0 unspecified atom stereocenters. The molecular weight excluding hydrogens is 305 g/mol. The van der Waals surface area contributed by atoms with Crippen molar-refractivity contribution < 1.29 is 13.9 Å². The largest absolute Gasteiger partial charge is 0.385 e. The highest BCUT2D eigenvalue weighted by atomic mass is 19.1. The lowest BCUT2D eigenvalue weighted by atomic mass is 10.2. The number of hydrogen-bond donors (Lipinski definition) is 1. The Morgan fingerprint density at radius 1 is 1.26 bits per heavy atom. The summed E-state index contributed by atoms with van der Waals surface area (Å²) in [5.74, 6) is -1.44. The van der Waals surface area contributed by atoms with Crippen LogP contribution in [0.1, 0.15) is 16.8 Å². The van der Waals surface area contributed by atoms with Crippen molar-refractivity contribution in [2.45, 2.75) is 13.0 Å². The average Bonchev–Trinajstić information content (AvgIpc) is 2.51. The van der Waals surface area contributed by atoms with Gasteiger partial charge in [-0.15, -0.1) is 0 Å². The standard InChI is InChI=1S/C15H16FN3O4/c1-23-8-2-7-18-9-12(13(17)20)14(21)19(15(18)22)11-5-3-10(16)4-6-11/h3-6,9H,2,7-8H2,1H3,(H2,17,20). The molecule has 2 aromatic rings. The Labute approximate surface area is 130 Å². The number of aromatic nitrogens is 2. The summed E-state index contributed by atoms with van der Waals surface area (Å²) < 4.78 is 20.0. The minimum atomic E-state index is -0.939. The van der Waals surface area contributed by atoms with Crippen molar-refractivity contribution in [3.05, 3.63) is 62.7 Å². The number of nitrogens with zero attached hydrogens (tertiary/aromatic N) is 2. The number of halogens is 1. The van der Waals surface area contributed by atoms with Crippen molar-refractivity contribution in [3.63, 3.8) is 0 Å². The summed E-state index contributed by atoms with van der Waals surface area (Å²) in [7, 11) is 1.52. The van der Waals surface area contributed by atoms with E-state index in [1.165, 1.54) is 23.8 Å². The van der Waals surface area contributed by atoms with Crippen molar-refractivity contribution in [1.29, 1.82) is 0 Å². The summed E-state index contributed by atoms with van der Waals surface area (Å²) >= 11 is 0. The molecule has 0 atom stereocenters. The van der Waals surface area contributed by atoms with Gasteiger partial charge in [0.15, 0.2) is 0 Å². The second-order valence-corrected chi connectivity index (χ2v) is 4.85. The number of carbonyl (C=O) groups excluding carboxylic acids is 1. The van der Waals surface area contributed by atoms with E-state index in [-0.39, 0.29) is 17.8 Å². The van der Waals surface area contributed by atoms with Crippen LogP contribution in [-0.4, -0.2) is 28.8 Å². The van der Waals surface area contributed by atoms with Crippen molar-refractivity contribution in [1.82, 2.24) is 9.13 Å². The van der Waals surface area contributed by atoms with E-state index in [0.717, 1.165) is 22.9 Å². The fourth-order valence-corrected chi connectivity index (χ4v) is 2.13. The third-order valence-electron chi connectivity index (χ3n) is 3.25. The van der Waals surface area contributed by atoms with Gasteiger partial charge in [-0.1, -0.05) is 0 Å². The SMILES string of the molecule is COCCCn1cc(C(N)=O)c(=O)n(-c2ccc(F)cc2)c1=O. The topological polar surface area (TPSA) is 96.3 Å². The van der Waals surface area contributed by atoms with Crippen molar-refractivity contribution in [3.8, 4) is 5.69 Å². The van der Waals surface area contributed by atoms with Gasteiger partial charge in [-0.05, 0) is 30.7 Å². The maximum atomic E-state index is 13.0. The van der Waals surface area contributed by atoms with Gasteiger partial charge in [0, 0.05) is 26.5 Å². The normalized spacial score (nSPS) is 10.7. The van der Waals surface area contributed by atoms with E-state index in [9.17, 15) is 18.8 Å². The zero-order valence-corrected chi connectivity index (χ0v) is 12.5. The number of benzene rings is 1. The average molecular weight is 321 g/mol. The molecule has 1 aromatic heterocycles. The third kappa shape index (κ3) is 3.54. The number of methoxy groups -OCH3 is 1. The number of rotatable bonds is 6. The predicted molar refractivity (Wildman–Crippen MR) is 81.3 cm³/mol. The molecular formula is C15H16FN3O4. The summed E-state index contributed by atoms with van der Waals surface area (Å²) in [6.45, 7) is 0.655. The Balaban J connectivity index is 2.63. The van der Waals surface area contributed by atoms with E-state index in [1.54, 1.807) is 0 Å². The molecule has 0 aliphatic carbocycles. The quantitative estimate of drug-likeness (QED) is 0.773. The maximum Gasteiger partial charge on any atom is 0.335 e. The fraction of sp³-hybridized carbons (Fsp3) is 0.267. The van der Waals surface area contributed by atoms with Crippen LogP contribution < -0.4 is 17.0 Å². The summed E-state index contributed by atoms with van der Waals surface area (Å²) in [6, 6.07) is 4.80.